The van der Waals surface area contributed by atoms with Crippen LogP contribution >= 0.6 is 0 Å². The molecule has 0 saturated carbocycles. The molecule has 7 heteroatoms. The molecule has 3 rings (SSSR count). The molecule has 0 unspecified atom stereocenters. The van der Waals surface area contributed by atoms with Gasteiger partial charge in [-0.15, -0.1) is 0 Å². The van der Waals surface area contributed by atoms with E-state index < -0.39 is 18.2 Å². The molecule has 1 heterocycles. The first-order valence-corrected chi connectivity index (χ1v) is 11.7. The van der Waals surface area contributed by atoms with Crippen molar-refractivity contribution in [2.75, 3.05) is 13.1 Å². The van der Waals surface area contributed by atoms with E-state index >= 15 is 0 Å². The highest BCUT2D eigenvalue weighted by Gasteiger charge is 2.36. The van der Waals surface area contributed by atoms with Crippen LogP contribution in [0.15, 0.2) is 60.7 Å². The zero-order valence-electron chi connectivity index (χ0n) is 19.5. The van der Waals surface area contributed by atoms with Gasteiger partial charge in [0.15, 0.2) is 0 Å². The first-order valence-electron chi connectivity index (χ1n) is 11.7. The Morgan fingerprint density at radius 1 is 1.06 bits per heavy atom. The molecule has 1 fully saturated rings. The molecule has 1 aliphatic rings. The van der Waals surface area contributed by atoms with E-state index in [-0.39, 0.29) is 23.9 Å². The quantitative estimate of drug-likeness (QED) is 0.419. The van der Waals surface area contributed by atoms with Gasteiger partial charge < -0.3 is 26.4 Å². The number of rotatable bonds is 11. The van der Waals surface area contributed by atoms with Gasteiger partial charge in [0.25, 0.3) is 0 Å². The molecule has 2 aromatic carbocycles. The zero-order valence-corrected chi connectivity index (χ0v) is 19.5. The van der Waals surface area contributed by atoms with Crippen molar-refractivity contribution in [3.8, 4) is 0 Å². The number of hydrogen-bond acceptors (Lipinski definition) is 4. The molecular weight excluding hydrogens is 416 g/mol. The summed E-state index contributed by atoms with van der Waals surface area (Å²) < 4.78 is 0. The Balaban J connectivity index is 1.71. The van der Waals surface area contributed by atoms with Crippen LogP contribution in [-0.2, 0) is 17.6 Å². The maximum atomic E-state index is 13.3. The number of amides is 3. The molecule has 0 radical (unpaired) electrons. The summed E-state index contributed by atoms with van der Waals surface area (Å²) in [5.41, 5.74) is 8.45. The lowest BCUT2D eigenvalue weighted by atomic mass is 9.93. The van der Waals surface area contributed by atoms with Gasteiger partial charge in [-0.2, -0.15) is 0 Å². The Morgan fingerprint density at radius 2 is 1.64 bits per heavy atom. The highest BCUT2D eigenvalue weighted by atomic mass is 16.3. The molecule has 0 spiro atoms. The van der Waals surface area contributed by atoms with E-state index in [2.05, 4.69) is 10.6 Å². The van der Waals surface area contributed by atoms with Crippen LogP contribution < -0.4 is 16.4 Å². The van der Waals surface area contributed by atoms with Crippen LogP contribution in [0.2, 0.25) is 0 Å². The van der Waals surface area contributed by atoms with E-state index in [9.17, 15) is 14.7 Å². The van der Waals surface area contributed by atoms with Crippen LogP contribution in [0.4, 0.5) is 4.79 Å². The minimum atomic E-state index is -0.785. The zero-order chi connectivity index (χ0) is 23.8. The number of nitrogens with two attached hydrogens (primary N) is 1. The first kappa shape index (κ1) is 24.7. The predicted molar refractivity (Wildman–Crippen MR) is 130 cm³/mol. The fraction of sp³-hybridized carbons (Fsp3) is 0.462. The number of benzene rings is 2. The van der Waals surface area contributed by atoms with Crippen molar-refractivity contribution in [1.82, 2.24) is 15.5 Å². The molecule has 4 atom stereocenters. The third-order valence-electron chi connectivity index (χ3n) is 6.13. The van der Waals surface area contributed by atoms with Crippen molar-refractivity contribution in [3.63, 3.8) is 0 Å². The van der Waals surface area contributed by atoms with Crippen molar-refractivity contribution in [3.05, 3.63) is 71.8 Å². The lowest BCUT2D eigenvalue weighted by molar-refractivity contribution is -0.127. The van der Waals surface area contributed by atoms with E-state index in [1.807, 2.05) is 74.5 Å². The second kappa shape index (κ2) is 11.8. The minimum Gasteiger partial charge on any atom is -0.391 e. The predicted octanol–water partition coefficient (Wildman–Crippen LogP) is 2.08. The van der Waals surface area contributed by atoms with Crippen molar-refractivity contribution < 1.29 is 14.7 Å². The van der Waals surface area contributed by atoms with Gasteiger partial charge >= 0.3 is 6.03 Å². The summed E-state index contributed by atoms with van der Waals surface area (Å²) in [7, 11) is 0. The van der Waals surface area contributed by atoms with E-state index in [0.717, 1.165) is 11.1 Å². The van der Waals surface area contributed by atoms with Crippen molar-refractivity contribution in [1.29, 1.82) is 0 Å². The lowest BCUT2D eigenvalue weighted by Gasteiger charge is -2.32. The smallest absolute Gasteiger partial charge is 0.318 e. The Kier molecular flexibility index (Phi) is 8.86. The Bertz CT molecular complexity index is 891. The fourth-order valence-corrected chi connectivity index (χ4v) is 4.42. The Morgan fingerprint density at radius 3 is 2.15 bits per heavy atom. The van der Waals surface area contributed by atoms with E-state index in [0.29, 0.717) is 32.4 Å². The highest BCUT2D eigenvalue weighted by Crippen LogP contribution is 2.17. The molecule has 1 aliphatic heterocycles. The summed E-state index contributed by atoms with van der Waals surface area (Å²) in [5, 5.41) is 16.8. The molecule has 2 aromatic rings. The standard InChI is InChI=1S/C26H36N4O3/c1-18(2)24(30-14-13-28-26(30)33)25(32)29-21(15-19-9-5-3-6-10-19)17-23(31)22(27)16-20-11-7-4-8-12-20/h3-12,18,21-24,31H,13-17,27H2,1-2H3,(H,28,33)(H,29,32)/t21-,22-,23-,24-/m0/s1. The first-order chi connectivity index (χ1) is 15.8. The lowest BCUT2D eigenvalue weighted by Crippen LogP contribution is -2.54. The highest BCUT2D eigenvalue weighted by molar-refractivity contribution is 5.88. The normalized spacial score (nSPS) is 17.4. The minimum absolute atomic E-state index is 0.0449. The molecule has 1 saturated heterocycles. The molecule has 5 N–H and O–H groups in total. The molecular formula is C26H36N4O3. The van der Waals surface area contributed by atoms with Gasteiger partial charge in [0.05, 0.1) is 6.10 Å². The molecule has 178 valence electrons. The maximum Gasteiger partial charge on any atom is 0.318 e. The van der Waals surface area contributed by atoms with Gasteiger partial charge in [0.1, 0.15) is 6.04 Å². The summed E-state index contributed by atoms with van der Waals surface area (Å²) >= 11 is 0. The van der Waals surface area contributed by atoms with Crippen LogP contribution in [0.5, 0.6) is 0 Å². The number of nitrogens with zero attached hydrogens (tertiary/aromatic N) is 1. The van der Waals surface area contributed by atoms with Crippen molar-refractivity contribution in [2.45, 2.75) is 57.3 Å². The Hall–Kier alpha value is -2.90. The number of carbonyl (C=O) groups is 2. The number of aliphatic hydroxyl groups is 1. The third kappa shape index (κ3) is 7.04. The second-order valence-electron chi connectivity index (χ2n) is 9.17. The monoisotopic (exact) mass is 452 g/mol. The Labute approximate surface area is 196 Å². The van der Waals surface area contributed by atoms with Crippen LogP contribution in [0, 0.1) is 5.92 Å². The summed E-state index contributed by atoms with van der Waals surface area (Å²) in [6, 6.07) is 18.1. The molecule has 3 amide bonds. The van der Waals surface area contributed by atoms with Gasteiger partial charge in [0.2, 0.25) is 5.91 Å². The van der Waals surface area contributed by atoms with Gasteiger partial charge in [0, 0.05) is 25.2 Å². The summed E-state index contributed by atoms with van der Waals surface area (Å²) in [5.74, 6) is -0.247. The largest absolute Gasteiger partial charge is 0.391 e. The average molecular weight is 453 g/mol. The average Bonchev–Trinajstić information content (AvgIpc) is 3.20. The van der Waals surface area contributed by atoms with Crippen LogP contribution in [-0.4, -0.2) is 59.3 Å². The molecule has 33 heavy (non-hydrogen) atoms. The molecule has 0 aliphatic carbocycles. The van der Waals surface area contributed by atoms with Gasteiger partial charge in [-0.05, 0) is 36.3 Å². The van der Waals surface area contributed by atoms with Crippen molar-refractivity contribution in [2.24, 2.45) is 11.7 Å². The molecule has 0 aromatic heterocycles. The van der Waals surface area contributed by atoms with Gasteiger partial charge in [-0.25, -0.2) is 4.79 Å². The summed E-state index contributed by atoms with van der Waals surface area (Å²) in [6.45, 7) is 4.91. The third-order valence-corrected chi connectivity index (χ3v) is 6.13. The topological polar surface area (TPSA) is 108 Å². The van der Waals surface area contributed by atoms with Crippen LogP contribution in [0.3, 0.4) is 0 Å². The summed E-state index contributed by atoms with van der Waals surface area (Å²) in [6.07, 6.45) is 0.660. The van der Waals surface area contributed by atoms with E-state index in [1.165, 1.54) is 0 Å². The SMILES string of the molecule is CC(C)[C@@H](C(=O)N[C@@H](Cc1ccccc1)C[C@H](O)[C@@H](N)Cc1ccccc1)N1CCNC1=O. The molecule has 7 nitrogen and oxygen atoms in total. The second-order valence-corrected chi connectivity index (χ2v) is 9.17. The number of carbonyl (C=O) groups excluding carboxylic acids is 2. The maximum absolute atomic E-state index is 13.3. The fourth-order valence-electron chi connectivity index (χ4n) is 4.42. The number of nitrogens with one attached hydrogen (secondary N) is 2. The van der Waals surface area contributed by atoms with Crippen LogP contribution in [0.25, 0.3) is 0 Å². The van der Waals surface area contributed by atoms with Crippen molar-refractivity contribution >= 4 is 11.9 Å². The summed E-state index contributed by atoms with van der Waals surface area (Å²) in [4.78, 5) is 27.1. The van der Waals surface area contributed by atoms with Crippen LogP contribution in [0.1, 0.15) is 31.4 Å². The number of urea groups is 1. The number of hydrogen-bond donors (Lipinski definition) is 4. The molecule has 0 bridgehead atoms. The van der Waals surface area contributed by atoms with E-state index in [4.69, 9.17) is 5.73 Å². The van der Waals surface area contributed by atoms with Gasteiger partial charge in [-0.1, -0.05) is 74.5 Å². The van der Waals surface area contributed by atoms with Gasteiger partial charge in [-0.3, -0.25) is 4.79 Å². The number of aliphatic hydroxyl groups excluding tert-OH is 1. The van der Waals surface area contributed by atoms with E-state index in [1.54, 1.807) is 4.90 Å².